The van der Waals surface area contributed by atoms with Crippen LogP contribution in [0.25, 0.3) is 11.5 Å². The molecule has 0 N–H and O–H groups in total. The zero-order valence-electron chi connectivity index (χ0n) is 15.1. The van der Waals surface area contributed by atoms with Crippen molar-refractivity contribution in [3.05, 3.63) is 59.7 Å². The van der Waals surface area contributed by atoms with Crippen LogP contribution in [0.1, 0.15) is 27.6 Å². The average molecular weight is 395 g/mol. The van der Waals surface area contributed by atoms with E-state index >= 15 is 0 Å². The molecule has 2 amide bonds. The van der Waals surface area contributed by atoms with Crippen LogP contribution in [0, 0.1) is 0 Å². The van der Waals surface area contributed by atoms with Crippen LogP contribution in [0.3, 0.4) is 0 Å². The molecule has 8 heteroatoms. The van der Waals surface area contributed by atoms with Crippen LogP contribution in [-0.4, -0.2) is 45.8 Å². The molecule has 0 saturated carbocycles. The minimum absolute atomic E-state index is 0.266. The van der Waals surface area contributed by atoms with Crippen molar-refractivity contribution in [1.29, 1.82) is 0 Å². The number of benzene rings is 2. The van der Waals surface area contributed by atoms with Crippen molar-refractivity contribution in [3.8, 4) is 17.2 Å². The van der Waals surface area contributed by atoms with Gasteiger partial charge >= 0.3 is 0 Å². The number of carbonyl (C=O) groups is 2. The van der Waals surface area contributed by atoms with E-state index in [0.29, 0.717) is 40.3 Å². The molecular weight excluding hydrogens is 378 g/mol. The second kappa shape index (κ2) is 7.85. The lowest BCUT2D eigenvalue weighted by atomic mass is 10.1. The Labute approximate surface area is 165 Å². The van der Waals surface area contributed by atoms with Crippen LogP contribution in [0.4, 0.5) is 0 Å². The molecule has 3 aromatic rings. The molecule has 2 aromatic carbocycles. The lowest BCUT2D eigenvalue weighted by Crippen LogP contribution is -2.31. The molecule has 0 atom stereocenters. The van der Waals surface area contributed by atoms with Crippen molar-refractivity contribution in [2.24, 2.45) is 0 Å². The van der Waals surface area contributed by atoms with E-state index < -0.39 is 0 Å². The summed E-state index contributed by atoms with van der Waals surface area (Å²) in [7, 11) is 0. The van der Waals surface area contributed by atoms with E-state index in [2.05, 4.69) is 10.2 Å². The molecule has 0 bridgehead atoms. The van der Waals surface area contributed by atoms with Crippen LogP contribution in [0.2, 0.25) is 0 Å². The summed E-state index contributed by atoms with van der Waals surface area (Å²) in [6.45, 7) is 2.71. The summed E-state index contributed by atoms with van der Waals surface area (Å²) in [6, 6.07) is 14.3. The fourth-order valence-electron chi connectivity index (χ4n) is 2.97. The minimum Gasteiger partial charge on any atom is -0.493 e. The largest absolute Gasteiger partial charge is 0.493 e. The van der Waals surface area contributed by atoms with Gasteiger partial charge in [-0.05, 0) is 31.2 Å². The van der Waals surface area contributed by atoms with E-state index in [1.165, 1.54) is 16.7 Å². The molecule has 0 aliphatic carbocycles. The van der Waals surface area contributed by atoms with Gasteiger partial charge < -0.3 is 9.15 Å². The summed E-state index contributed by atoms with van der Waals surface area (Å²) in [6.07, 6.45) is 0. The van der Waals surface area contributed by atoms with E-state index in [9.17, 15) is 9.59 Å². The van der Waals surface area contributed by atoms with Crippen molar-refractivity contribution < 1.29 is 18.7 Å². The number of rotatable bonds is 7. The second-order valence-electron chi connectivity index (χ2n) is 5.96. The van der Waals surface area contributed by atoms with E-state index in [0.717, 1.165) is 5.56 Å². The fourth-order valence-corrected chi connectivity index (χ4v) is 3.65. The first kappa shape index (κ1) is 18.2. The molecule has 0 fully saturated rings. The molecule has 0 saturated heterocycles. The lowest BCUT2D eigenvalue weighted by molar-refractivity contribution is 0.0664. The average Bonchev–Trinajstić information content (AvgIpc) is 3.28. The van der Waals surface area contributed by atoms with Crippen LogP contribution in [0.5, 0.6) is 5.75 Å². The molecule has 7 nitrogen and oxygen atoms in total. The number of amides is 2. The van der Waals surface area contributed by atoms with E-state index in [4.69, 9.17) is 9.15 Å². The molecule has 4 rings (SSSR count). The zero-order chi connectivity index (χ0) is 19.5. The molecule has 0 unspecified atom stereocenters. The van der Waals surface area contributed by atoms with Gasteiger partial charge in [0.15, 0.2) is 0 Å². The second-order valence-corrected chi connectivity index (χ2v) is 7.00. The smallest absolute Gasteiger partial charge is 0.276 e. The van der Waals surface area contributed by atoms with Gasteiger partial charge in [-0.25, -0.2) is 0 Å². The van der Waals surface area contributed by atoms with Crippen molar-refractivity contribution in [2.45, 2.75) is 12.1 Å². The Morgan fingerprint density at radius 3 is 2.29 bits per heavy atom. The molecule has 142 valence electrons. The number of fused-ring (bicyclic) bond motifs is 1. The number of carbonyl (C=O) groups excluding carboxylic acids is 2. The molecule has 1 aliphatic rings. The number of ether oxygens (including phenoxy) is 1. The third-order valence-electron chi connectivity index (χ3n) is 4.24. The summed E-state index contributed by atoms with van der Waals surface area (Å²) in [5.41, 5.74) is 1.62. The van der Waals surface area contributed by atoms with Gasteiger partial charge in [-0.1, -0.05) is 36.0 Å². The summed E-state index contributed by atoms with van der Waals surface area (Å²) in [5, 5.41) is 8.49. The number of hydrogen-bond donors (Lipinski definition) is 0. The maximum Gasteiger partial charge on any atom is 0.276 e. The van der Waals surface area contributed by atoms with Crippen molar-refractivity contribution in [1.82, 2.24) is 15.1 Å². The maximum atomic E-state index is 12.4. The number of nitrogens with zero attached hydrogens (tertiary/aromatic N) is 3. The van der Waals surface area contributed by atoms with Crippen molar-refractivity contribution >= 4 is 23.6 Å². The van der Waals surface area contributed by atoms with Crippen LogP contribution >= 0.6 is 11.8 Å². The van der Waals surface area contributed by atoms with E-state index in [1.807, 2.05) is 31.2 Å². The predicted octanol–water partition coefficient (Wildman–Crippen LogP) is 3.52. The highest BCUT2D eigenvalue weighted by molar-refractivity contribution is 7.99. The standard InChI is InChI=1S/C20H17N3O4S/c1-2-26-16-10-6-5-9-15(16)17-21-22-20(27-17)28-12-11-23-18(24)13-7-3-4-8-14(13)19(23)25/h3-10H,2,11-12H2,1H3. The van der Waals surface area contributed by atoms with Gasteiger partial charge in [0.2, 0.25) is 0 Å². The SMILES string of the molecule is CCOc1ccccc1-c1nnc(SCCN2C(=O)c3ccccc3C2=O)o1. The third-order valence-corrected chi connectivity index (χ3v) is 5.04. The van der Waals surface area contributed by atoms with Gasteiger partial charge in [-0.3, -0.25) is 14.5 Å². The first-order chi connectivity index (χ1) is 13.7. The Bertz CT molecular complexity index is 999. The summed E-state index contributed by atoms with van der Waals surface area (Å²) in [5.74, 6) is 0.972. The monoisotopic (exact) mass is 395 g/mol. The molecule has 2 heterocycles. The predicted molar refractivity (Wildman–Crippen MR) is 103 cm³/mol. The summed E-state index contributed by atoms with van der Waals surface area (Å²) in [4.78, 5) is 26.0. The highest BCUT2D eigenvalue weighted by Crippen LogP contribution is 2.31. The van der Waals surface area contributed by atoms with Crippen LogP contribution < -0.4 is 4.74 Å². The third kappa shape index (κ3) is 3.38. The Balaban J connectivity index is 1.40. The van der Waals surface area contributed by atoms with Gasteiger partial charge in [0.1, 0.15) is 5.75 Å². The van der Waals surface area contributed by atoms with Gasteiger partial charge in [0, 0.05) is 12.3 Å². The number of thioether (sulfide) groups is 1. The molecule has 1 aromatic heterocycles. The summed E-state index contributed by atoms with van der Waals surface area (Å²) < 4.78 is 11.3. The maximum absolute atomic E-state index is 12.4. The first-order valence-electron chi connectivity index (χ1n) is 8.82. The number of aromatic nitrogens is 2. The quantitative estimate of drug-likeness (QED) is 0.447. The van der Waals surface area contributed by atoms with Gasteiger partial charge in [0.05, 0.1) is 23.3 Å². The Morgan fingerprint density at radius 1 is 0.964 bits per heavy atom. The Hall–Kier alpha value is -3.13. The van der Waals surface area contributed by atoms with Crippen molar-refractivity contribution in [2.75, 3.05) is 18.9 Å². The number of imide groups is 1. The lowest BCUT2D eigenvalue weighted by Gasteiger charge is -2.12. The van der Waals surface area contributed by atoms with Gasteiger partial charge in [0.25, 0.3) is 22.9 Å². The molecule has 0 spiro atoms. The summed E-state index contributed by atoms with van der Waals surface area (Å²) >= 11 is 1.30. The zero-order valence-corrected chi connectivity index (χ0v) is 15.9. The Kier molecular flexibility index (Phi) is 5.12. The first-order valence-corrected chi connectivity index (χ1v) is 9.81. The highest BCUT2D eigenvalue weighted by Gasteiger charge is 2.34. The van der Waals surface area contributed by atoms with E-state index in [-0.39, 0.29) is 18.4 Å². The van der Waals surface area contributed by atoms with Crippen LogP contribution in [-0.2, 0) is 0 Å². The topological polar surface area (TPSA) is 85.5 Å². The molecule has 1 aliphatic heterocycles. The normalized spacial score (nSPS) is 13.1. The fraction of sp³-hybridized carbons (Fsp3) is 0.200. The molecular formula is C20H17N3O4S. The minimum atomic E-state index is -0.266. The highest BCUT2D eigenvalue weighted by atomic mass is 32.2. The Morgan fingerprint density at radius 2 is 1.61 bits per heavy atom. The van der Waals surface area contributed by atoms with Crippen LogP contribution in [0.15, 0.2) is 58.2 Å². The van der Waals surface area contributed by atoms with E-state index in [1.54, 1.807) is 24.3 Å². The molecule has 28 heavy (non-hydrogen) atoms. The molecule has 0 radical (unpaired) electrons. The van der Waals surface area contributed by atoms with Gasteiger partial charge in [-0.2, -0.15) is 0 Å². The number of para-hydroxylation sites is 1. The number of hydrogen-bond acceptors (Lipinski definition) is 7. The van der Waals surface area contributed by atoms with Crippen molar-refractivity contribution in [3.63, 3.8) is 0 Å². The van der Waals surface area contributed by atoms with Gasteiger partial charge in [-0.15, -0.1) is 10.2 Å².